The second-order valence-corrected chi connectivity index (χ2v) is 8.85. The van der Waals surface area contributed by atoms with E-state index in [1.54, 1.807) is 9.80 Å². The van der Waals surface area contributed by atoms with Crippen molar-refractivity contribution in [2.24, 2.45) is 0 Å². The lowest BCUT2D eigenvalue weighted by Gasteiger charge is -2.42. The number of nitrogens with one attached hydrogen (secondary N) is 1. The largest absolute Gasteiger partial charge is 0.491 e. The minimum absolute atomic E-state index is 0.00984. The summed E-state index contributed by atoms with van der Waals surface area (Å²) in [5.74, 6) is -1.11. The van der Waals surface area contributed by atoms with Crippen LogP contribution in [0.1, 0.15) is 29.8 Å². The first-order valence-corrected chi connectivity index (χ1v) is 11.4. The van der Waals surface area contributed by atoms with Crippen LogP contribution >= 0.6 is 0 Å². The van der Waals surface area contributed by atoms with E-state index >= 15 is 0 Å². The zero-order valence-electron chi connectivity index (χ0n) is 20.1. The van der Waals surface area contributed by atoms with Crippen LogP contribution in [0, 0.1) is 0 Å². The molecule has 3 rings (SSSR count). The molecule has 0 bridgehead atoms. The fourth-order valence-electron chi connectivity index (χ4n) is 4.16. The number of amides is 3. The van der Waals surface area contributed by atoms with E-state index < -0.39 is 23.7 Å². The van der Waals surface area contributed by atoms with Crippen molar-refractivity contribution in [1.82, 2.24) is 20.0 Å². The van der Waals surface area contributed by atoms with Crippen LogP contribution in [0.5, 0.6) is 5.75 Å². The molecule has 0 aromatic heterocycles. The average Bonchev–Trinajstić information content (AvgIpc) is 2.81. The summed E-state index contributed by atoms with van der Waals surface area (Å²) in [7, 11) is 1.41. The molecule has 1 aromatic carbocycles. The highest BCUT2D eigenvalue weighted by Crippen LogP contribution is 2.33. The van der Waals surface area contributed by atoms with Crippen molar-refractivity contribution in [1.29, 1.82) is 0 Å². The van der Waals surface area contributed by atoms with E-state index in [4.69, 9.17) is 9.47 Å². The van der Waals surface area contributed by atoms with E-state index in [-0.39, 0.29) is 68.6 Å². The van der Waals surface area contributed by atoms with Crippen LogP contribution in [-0.4, -0.2) is 104 Å². The summed E-state index contributed by atoms with van der Waals surface area (Å²) in [4.78, 5) is 43.5. The molecule has 1 aromatic rings. The number of ether oxygens (including phenoxy) is 2. The molecule has 12 heteroatoms. The molecule has 0 saturated carbocycles. The second kappa shape index (κ2) is 11.3. The van der Waals surface area contributed by atoms with Gasteiger partial charge in [0.25, 0.3) is 5.91 Å². The van der Waals surface area contributed by atoms with Crippen LogP contribution in [0.2, 0.25) is 0 Å². The zero-order valence-corrected chi connectivity index (χ0v) is 20.1. The first kappa shape index (κ1) is 26.7. The Morgan fingerprint density at radius 3 is 2.63 bits per heavy atom. The summed E-state index contributed by atoms with van der Waals surface area (Å²) in [5.41, 5.74) is -1.20. The first-order chi connectivity index (χ1) is 16.5. The van der Waals surface area contributed by atoms with Crippen molar-refractivity contribution in [2.75, 3.05) is 59.6 Å². The molecule has 2 heterocycles. The van der Waals surface area contributed by atoms with Crippen LogP contribution in [0.3, 0.4) is 0 Å². The molecule has 1 atom stereocenters. The van der Waals surface area contributed by atoms with Gasteiger partial charge in [-0.05, 0) is 32.0 Å². The smallest absolute Gasteiger partial charge is 0.416 e. The van der Waals surface area contributed by atoms with Gasteiger partial charge in [-0.1, -0.05) is 0 Å². The number of piperazine rings is 1. The lowest BCUT2D eigenvalue weighted by molar-refractivity contribution is -0.146. The van der Waals surface area contributed by atoms with Gasteiger partial charge in [-0.3, -0.25) is 19.3 Å². The number of alkyl halides is 3. The van der Waals surface area contributed by atoms with Crippen LogP contribution in [0.25, 0.3) is 0 Å². The predicted octanol–water partition coefficient (Wildman–Crippen LogP) is 1.22. The van der Waals surface area contributed by atoms with Crippen molar-refractivity contribution >= 4 is 17.7 Å². The number of carbonyl (C=O) groups is 3. The molecule has 0 unspecified atom stereocenters. The van der Waals surface area contributed by atoms with Gasteiger partial charge in [0.05, 0.1) is 23.7 Å². The van der Waals surface area contributed by atoms with Crippen molar-refractivity contribution in [3.63, 3.8) is 0 Å². The molecule has 0 spiro atoms. The van der Waals surface area contributed by atoms with Crippen LogP contribution in [0.15, 0.2) is 18.2 Å². The van der Waals surface area contributed by atoms with E-state index in [0.29, 0.717) is 13.1 Å². The number of hydrogen-bond donors (Lipinski definition) is 1. The van der Waals surface area contributed by atoms with Crippen molar-refractivity contribution in [3.05, 3.63) is 29.3 Å². The molecule has 35 heavy (non-hydrogen) atoms. The lowest BCUT2D eigenvalue weighted by atomic mass is 10.1. The van der Waals surface area contributed by atoms with Crippen molar-refractivity contribution in [2.45, 2.75) is 32.1 Å². The molecule has 194 valence electrons. The zero-order chi connectivity index (χ0) is 25.8. The van der Waals surface area contributed by atoms with E-state index in [1.165, 1.54) is 7.11 Å². The van der Waals surface area contributed by atoms with Crippen LogP contribution in [-0.2, 0) is 20.5 Å². The molecular weight excluding hydrogens is 469 g/mol. The van der Waals surface area contributed by atoms with Gasteiger partial charge in [-0.2, -0.15) is 13.2 Å². The van der Waals surface area contributed by atoms with Gasteiger partial charge in [0.15, 0.2) is 0 Å². The topological polar surface area (TPSA) is 91.4 Å². The highest BCUT2D eigenvalue weighted by atomic mass is 19.4. The highest BCUT2D eigenvalue weighted by Gasteiger charge is 2.35. The average molecular weight is 501 g/mol. The van der Waals surface area contributed by atoms with E-state index in [2.05, 4.69) is 5.32 Å². The van der Waals surface area contributed by atoms with E-state index in [0.717, 1.165) is 18.2 Å². The number of methoxy groups -OCH3 is 1. The molecule has 1 fully saturated rings. The SMILES string of the molecule is COCC(=O)N1CCN2C(=O)CN(C(C)C)CCNC(=O)c3cc(C(F)(F)F)ccc3OC[C@@H]2C1. The maximum Gasteiger partial charge on any atom is 0.416 e. The molecule has 1 saturated heterocycles. The Labute approximate surface area is 202 Å². The van der Waals surface area contributed by atoms with Gasteiger partial charge in [0, 0.05) is 45.9 Å². The summed E-state index contributed by atoms with van der Waals surface area (Å²) in [6, 6.07) is 2.17. The fraction of sp³-hybridized carbons (Fsp3) is 0.609. The summed E-state index contributed by atoms with van der Waals surface area (Å²) in [5, 5.41) is 2.63. The maximum atomic E-state index is 13.3. The maximum absolute atomic E-state index is 13.3. The van der Waals surface area contributed by atoms with Gasteiger partial charge in [0.1, 0.15) is 19.0 Å². The Morgan fingerprint density at radius 2 is 1.97 bits per heavy atom. The van der Waals surface area contributed by atoms with Crippen LogP contribution in [0.4, 0.5) is 13.2 Å². The summed E-state index contributed by atoms with van der Waals surface area (Å²) in [6.45, 7) is 4.99. The second-order valence-electron chi connectivity index (χ2n) is 8.85. The first-order valence-electron chi connectivity index (χ1n) is 11.4. The highest BCUT2D eigenvalue weighted by molar-refractivity contribution is 5.97. The summed E-state index contributed by atoms with van der Waals surface area (Å²) in [6.07, 6.45) is -4.63. The minimum Gasteiger partial charge on any atom is -0.491 e. The molecule has 0 aliphatic carbocycles. The Hall–Kier alpha value is -2.86. The van der Waals surface area contributed by atoms with Crippen molar-refractivity contribution < 1.29 is 37.0 Å². The molecule has 2 aliphatic heterocycles. The normalized spacial score (nSPS) is 20.7. The number of fused-ring (bicyclic) bond motifs is 2. The monoisotopic (exact) mass is 500 g/mol. The Morgan fingerprint density at radius 1 is 1.23 bits per heavy atom. The number of halogens is 3. The Bertz CT molecular complexity index is 940. The summed E-state index contributed by atoms with van der Waals surface area (Å²) >= 11 is 0. The molecule has 3 amide bonds. The number of benzene rings is 1. The van der Waals surface area contributed by atoms with Gasteiger partial charge in [0.2, 0.25) is 11.8 Å². The molecule has 2 aliphatic rings. The number of carbonyl (C=O) groups excluding carboxylic acids is 3. The molecular formula is C23H31F3N4O5. The number of hydrogen-bond acceptors (Lipinski definition) is 6. The Kier molecular flexibility index (Phi) is 8.60. The molecule has 1 N–H and O–H groups in total. The quantitative estimate of drug-likeness (QED) is 0.672. The van der Waals surface area contributed by atoms with Crippen molar-refractivity contribution in [3.8, 4) is 5.75 Å². The number of rotatable bonds is 3. The third kappa shape index (κ3) is 6.63. The Balaban J connectivity index is 1.94. The van der Waals surface area contributed by atoms with Gasteiger partial charge >= 0.3 is 6.18 Å². The number of nitrogens with zero attached hydrogens (tertiary/aromatic N) is 3. The summed E-state index contributed by atoms with van der Waals surface area (Å²) < 4.78 is 50.6. The predicted molar refractivity (Wildman–Crippen MR) is 120 cm³/mol. The molecule has 9 nitrogen and oxygen atoms in total. The van der Waals surface area contributed by atoms with E-state index in [9.17, 15) is 27.6 Å². The third-order valence-electron chi connectivity index (χ3n) is 6.16. The third-order valence-corrected chi connectivity index (χ3v) is 6.16. The van der Waals surface area contributed by atoms with Gasteiger partial charge in [-0.25, -0.2) is 0 Å². The fourth-order valence-corrected chi connectivity index (χ4v) is 4.16. The molecule has 0 radical (unpaired) electrons. The van der Waals surface area contributed by atoms with Gasteiger partial charge in [-0.15, -0.1) is 0 Å². The van der Waals surface area contributed by atoms with Gasteiger partial charge < -0.3 is 24.6 Å². The standard InChI is InChI=1S/C23H31F3N4O5/c1-15(2)28-7-6-27-22(33)18-10-16(23(24,25)26)4-5-19(18)35-13-17-11-29(21(32)14-34-3)8-9-30(17)20(31)12-28/h4-5,10,15,17H,6-9,11-14H2,1-3H3,(H,27,33)/t17-/m0/s1. The minimum atomic E-state index is -4.63. The van der Waals surface area contributed by atoms with Crippen LogP contribution < -0.4 is 10.1 Å². The van der Waals surface area contributed by atoms with E-state index in [1.807, 2.05) is 18.7 Å². The lowest BCUT2D eigenvalue weighted by Crippen LogP contribution is -2.60.